The van der Waals surface area contributed by atoms with Crippen LogP contribution in [0.2, 0.25) is 0 Å². The van der Waals surface area contributed by atoms with Crippen LogP contribution in [0.1, 0.15) is 10.4 Å². The van der Waals surface area contributed by atoms with Crippen molar-refractivity contribution >= 4 is 11.9 Å². The Morgan fingerprint density at radius 2 is 2.00 bits per heavy atom. The standard InChI is InChI=1S/C14H19FN2O4/c1-19-7-6-16-14(21-9-8-20-2)17-13(18)11-4-3-5-12(15)10-11/h3-5,10H,6-9H2,1-2H3,(H,16,17,18). The first-order valence-electron chi connectivity index (χ1n) is 6.39. The maximum atomic E-state index is 13.1. The molecule has 1 amide bonds. The minimum absolute atomic E-state index is 0.0540. The van der Waals surface area contributed by atoms with Crippen molar-refractivity contribution < 1.29 is 23.4 Å². The van der Waals surface area contributed by atoms with E-state index < -0.39 is 11.7 Å². The van der Waals surface area contributed by atoms with Gasteiger partial charge in [0.25, 0.3) is 11.9 Å². The Kier molecular flexibility index (Phi) is 8.00. The third-order valence-corrected chi connectivity index (χ3v) is 2.38. The first kappa shape index (κ1) is 17.1. The van der Waals surface area contributed by atoms with Gasteiger partial charge < -0.3 is 14.2 Å². The lowest BCUT2D eigenvalue weighted by Gasteiger charge is -2.10. The number of hydrogen-bond acceptors (Lipinski definition) is 5. The number of benzene rings is 1. The molecule has 6 nitrogen and oxygen atoms in total. The average molecular weight is 298 g/mol. The van der Waals surface area contributed by atoms with E-state index in [1.54, 1.807) is 7.11 Å². The van der Waals surface area contributed by atoms with Crippen molar-refractivity contribution in [2.45, 2.75) is 0 Å². The highest BCUT2D eigenvalue weighted by atomic mass is 19.1. The smallest absolute Gasteiger partial charge is 0.291 e. The molecule has 1 aromatic carbocycles. The van der Waals surface area contributed by atoms with E-state index in [9.17, 15) is 9.18 Å². The van der Waals surface area contributed by atoms with Crippen LogP contribution in [-0.4, -0.2) is 52.5 Å². The highest BCUT2D eigenvalue weighted by Gasteiger charge is 2.10. The van der Waals surface area contributed by atoms with Gasteiger partial charge in [-0.15, -0.1) is 0 Å². The zero-order valence-corrected chi connectivity index (χ0v) is 12.1. The van der Waals surface area contributed by atoms with Crippen molar-refractivity contribution in [3.05, 3.63) is 35.6 Å². The molecule has 21 heavy (non-hydrogen) atoms. The van der Waals surface area contributed by atoms with Crippen LogP contribution in [-0.2, 0) is 14.2 Å². The van der Waals surface area contributed by atoms with Crippen molar-refractivity contribution in [3.63, 3.8) is 0 Å². The van der Waals surface area contributed by atoms with Crippen LogP contribution in [0.25, 0.3) is 0 Å². The number of amidine groups is 1. The first-order valence-corrected chi connectivity index (χ1v) is 6.39. The average Bonchev–Trinajstić information content (AvgIpc) is 2.47. The van der Waals surface area contributed by atoms with Gasteiger partial charge in [0.15, 0.2) is 0 Å². The molecule has 0 aromatic heterocycles. The molecule has 0 spiro atoms. The number of hydrogen-bond donors (Lipinski definition) is 1. The number of amides is 1. The molecule has 0 aliphatic heterocycles. The molecule has 0 radical (unpaired) electrons. The summed E-state index contributed by atoms with van der Waals surface area (Å²) in [5.74, 6) is -0.982. The summed E-state index contributed by atoms with van der Waals surface area (Å²) in [6, 6.07) is 5.41. The SMILES string of the molecule is COCCN=C(NC(=O)c1cccc(F)c1)OCCOC. The Labute approximate surface area is 122 Å². The number of rotatable bonds is 7. The van der Waals surface area contributed by atoms with Crippen molar-refractivity contribution in [1.29, 1.82) is 0 Å². The summed E-state index contributed by atoms with van der Waals surface area (Å²) in [6.07, 6.45) is 0. The molecular formula is C14H19FN2O4. The third kappa shape index (κ3) is 6.82. The van der Waals surface area contributed by atoms with E-state index >= 15 is 0 Å². The van der Waals surface area contributed by atoms with Crippen molar-refractivity contribution in [2.75, 3.05) is 40.6 Å². The fraction of sp³-hybridized carbons (Fsp3) is 0.429. The number of aliphatic imine (C=N–C) groups is 1. The number of halogens is 1. The van der Waals surface area contributed by atoms with Crippen molar-refractivity contribution in [3.8, 4) is 0 Å². The Morgan fingerprint density at radius 3 is 2.67 bits per heavy atom. The lowest BCUT2D eigenvalue weighted by molar-refractivity contribution is 0.0953. The fourth-order valence-corrected chi connectivity index (χ4v) is 1.38. The molecule has 0 fully saturated rings. The second-order valence-electron chi connectivity index (χ2n) is 3.99. The van der Waals surface area contributed by atoms with Crippen LogP contribution in [0.15, 0.2) is 29.3 Å². The Hall–Kier alpha value is -1.99. The van der Waals surface area contributed by atoms with Gasteiger partial charge in [0.1, 0.15) is 12.4 Å². The number of carbonyl (C=O) groups excluding carboxylic acids is 1. The number of nitrogens with one attached hydrogen (secondary N) is 1. The molecule has 0 heterocycles. The van der Waals surface area contributed by atoms with Gasteiger partial charge in [-0.2, -0.15) is 0 Å². The second-order valence-corrected chi connectivity index (χ2v) is 3.99. The van der Waals surface area contributed by atoms with E-state index in [0.717, 1.165) is 6.07 Å². The van der Waals surface area contributed by atoms with E-state index in [-0.39, 0.29) is 18.2 Å². The normalized spacial score (nSPS) is 11.3. The molecule has 0 saturated carbocycles. The predicted molar refractivity (Wildman–Crippen MR) is 75.9 cm³/mol. The summed E-state index contributed by atoms with van der Waals surface area (Å²) in [5, 5.41) is 2.49. The van der Waals surface area contributed by atoms with Gasteiger partial charge in [0.2, 0.25) is 0 Å². The number of methoxy groups -OCH3 is 2. The molecule has 116 valence electrons. The molecular weight excluding hydrogens is 279 g/mol. The van der Waals surface area contributed by atoms with E-state index in [0.29, 0.717) is 19.8 Å². The molecule has 0 bridgehead atoms. The summed E-state index contributed by atoms with van der Waals surface area (Å²) in [6.45, 7) is 1.33. The molecule has 1 aromatic rings. The van der Waals surface area contributed by atoms with Gasteiger partial charge in [0.05, 0.1) is 19.8 Å². The van der Waals surface area contributed by atoms with E-state index in [4.69, 9.17) is 14.2 Å². The number of nitrogens with zero attached hydrogens (tertiary/aromatic N) is 1. The monoisotopic (exact) mass is 298 g/mol. The van der Waals surface area contributed by atoms with Gasteiger partial charge in [0, 0.05) is 19.8 Å². The van der Waals surface area contributed by atoms with Gasteiger partial charge in [-0.1, -0.05) is 6.07 Å². The maximum absolute atomic E-state index is 13.1. The molecule has 0 aliphatic rings. The van der Waals surface area contributed by atoms with E-state index in [2.05, 4.69) is 10.3 Å². The zero-order valence-electron chi connectivity index (χ0n) is 12.1. The Bertz CT molecular complexity index is 480. The molecule has 1 N–H and O–H groups in total. The summed E-state index contributed by atoms with van der Waals surface area (Å²) < 4.78 is 28.1. The second kappa shape index (κ2) is 9.84. The Balaban J connectivity index is 2.65. The van der Waals surface area contributed by atoms with Crippen molar-refractivity contribution in [1.82, 2.24) is 5.32 Å². The largest absolute Gasteiger partial charge is 0.463 e. The van der Waals surface area contributed by atoms with Crippen LogP contribution in [0, 0.1) is 5.82 Å². The van der Waals surface area contributed by atoms with Crippen molar-refractivity contribution in [2.24, 2.45) is 4.99 Å². The van der Waals surface area contributed by atoms with Gasteiger partial charge in [-0.05, 0) is 18.2 Å². The minimum Gasteiger partial charge on any atom is -0.463 e. The Morgan fingerprint density at radius 1 is 1.24 bits per heavy atom. The van der Waals surface area contributed by atoms with Gasteiger partial charge >= 0.3 is 0 Å². The maximum Gasteiger partial charge on any atom is 0.291 e. The number of ether oxygens (including phenoxy) is 3. The van der Waals surface area contributed by atoms with E-state index in [1.807, 2.05) is 0 Å². The van der Waals surface area contributed by atoms with Crippen LogP contribution in [0.5, 0.6) is 0 Å². The summed E-state index contributed by atoms with van der Waals surface area (Å²) >= 11 is 0. The predicted octanol–water partition coefficient (Wildman–Crippen LogP) is 1.22. The summed E-state index contributed by atoms with van der Waals surface area (Å²) in [5.41, 5.74) is 0.185. The van der Waals surface area contributed by atoms with Crippen LogP contribution in [0.4, 0.5) is 4.39 Å². The molecule has 1 rings (SSSR count). The fourth-order valence-electron chi connectivity index (χ4n) is 1.38. The molecule has 0 atom stereocenters. The number of carbonyl (C=O) groups is 1. The highest BCUT2D eigenvalue weighted by Crippen LogP contribution is 2.03. The van der Waals surface area contributed by atoms with Crippen LogP contribution < -0.4 is 5.32 Å². The van der Waals surface area contributed by atoms with Crippen LogP contribution in [0.3, 0.4) is 0 Å². The minimum atomic E-state index is -0.497. The third-order valence-electron chi connectivity index (χ3n) is 2.38. The quantitative estimate of drug-likeness (QED) is 0.467. The summed E-state index contributed by atoms with van der Waals surface area (Å²) in [7, 11) is 3.09. The van der Waals surface area contributed by atoms with Gasteiger partial charge in [-0.3, -0.25) is 10.1 Å². The lowest BCUT2D eigenvalue weighted by atomic mass is 10.2. The topological polar surface area (TPSA) is 69.2 Å². The molecule has 0 unspecified atom stereocenters. The van der Waals surface area contributed by atoms with E-state index in [1.165, 1.54) is 25.3 Å². The summed E-state index contributed by atoms with van der Waals surface area (Å²) in [4.78, 5) is 16.0. The zero-order chi connectivity index (χ0) is 15.5. The molecule has 0 aliphatic carbocycles. The molecule has 0 saturated heterocycles. The van der Waals surface area contributed by atoms with Gasteiger partial charge in [-0.25, -0.2) is 9.38 Å². The first-order chi connectivity index (χ1) is 10.2. The molecule has 7 heteroatoms. The highest BCUT2D eigenvalue weighted by molar-refractivity contribution is 6.04. The lowest BCUT2D eigenvalue weighted by Crippen LogP contribution is -2.33. The van der Waals surface area contributed by atoms with Crippen LogP contribution >= 0.6 is 0 Å².